The average Bonchev–Trinajstić information content (AvgIpc) is 3.14. The van der Waals surface area contributed by atoms with Crippen molar-refractivity contribution in [2.75, 3.05) is 13.1 Å². The van der Waals surface area contributed by atoms with Crippen LogP contribution in [-0.2, 0) is 0 Å². The molecule has 1 aromatic rings. The van der Waals surface area contributed by atoms with Crippen molar-refractivity contribution in [3.8, 4) is 5.75 Å². The molecule has 0 saturated heterocycles. The van der Waals surface area contributed by atoms with Crippen molar-refractivity contribution < 1.29 is 4.74 Å². The zero-order valence-electron chi connectivity index (χ0n) is 13.5. The van der Waals surface area contributed by atoms with Crippen LogP contribution in [0.25, 0.3) is 0 Å². The molecule has 116 valence electrons. The quantitative estimate of drug-likeness (QED) is 0.804. The Labute approximate surface area is 129 Å². The highest BCUT2D eigenvalue weighted by molar-refractivity contribution is 5.32. The van der Waals surface area contributed by atoms with Crippen LogP contribution in [0.1, 0.15) is 57.4 Å². The van der Waals surface area contributed by atoms with Crippen molar-refractivity contribution in [2.24, 2.45) is 11.8 Å². The van der Waals surface area contributed by atoms with Crippen LogP contribution in [-0.4, -0.2) is 19.2 Å². The summed E-state index contributed by atoms with van der Waals surface area (Å²) >= 11 is 0. The molecular formula is C19H29NO. The fraction of sp³-hybridized carbons (Fsp3) is 0.684. The smallest absolute Gasteiger partial charge is 0.120 e. The lowest BCUT2D eigenvalue weighted by Gasteiger charge is -2.21. The Hall–Kier alpha value is -1.02. The first kappa shape index (κ1) is 14.9. The summed E-state index contributed by atoms with van der Waals surface area (Å²) in [7, 11) is 0. The topological polar surface area (TPSA) is 21.3 Å². The third-order valence-electron chi connectivity index (χ3n) is 4.73. The first-order chi connectivity index (χ1) is 10.2. The predicted octanol–water partition coefficient (Wildman–Crippen LogP) is 4.36. The van der Waals surface area contributed by atoms with Gasteiger partial charge in [-0.1, -0.05) is 32.4 Å². The van der Waals surface area contributed by atoms with Gasteiger partial charge in [-0.15, -0.1) is 0 Å². The summed E-state index contributed by atoms with van der Waals surface area (Å²) in [5.41, 5.74) is 1.49. The van der Waals surface area contributed by atoms with Gasteiger partial charge in [0.1, 0.15) is 5.75 Å². The first-order valence-corrected chi connectivity index (χ1v) is 8.69. The predicted molar refractivity (Wildman–Crippen MR) is 87.9 cm³/mol. The van der Waals surface area contributed by atoms with E-state index in [-0.39, 0.29) is 0 Å². The van der Waals surface area contributed by atoms with Gasteiger partial charge in [-0.25, -0.2) is 0 Å². The molecule has 2 nitrogen and oxygen atoms in total. The molecule has 0 aliphatic heterocycles. The third kappa shape index (κ3) is 4.23. The number of benzene rings is 1. The van der Waals surface area contributed by atoms with Crippen molar-refractivity contribution >= 4 is 0 Å². The number of hydrogen-bond acceptors (Lipinski definition) is 2. The molecule has 2 aliphatic rings. The zero-order valence-corrected chi connectivity index (χ0v) is 13.5. The van der Waals surface area contributed by atoms with E-state index in [0.29, 0.717) is 12.0 Å². The van der Waals surface area contributed by atoms with E-state index in [1.165, 1.54) is 37.7 Å². The Morgan fingerprint density at radius 2 is 2.05 bits per heavy atom. The van der Waals surface area contributed by atoms with Crippen LogP contribution >= 0.6 is 0 Å². The number of nitrogens with one attached hydrogen (secondary N) is 1. The molecule has 1 N–H and O–H groups in total. The van der Waals surface area contributed by atoms with Gasteiger partial charge in [-0.05, 0) is 74.2 Å². The van der Waals surface area contributed by atoms with Gasteiger partial charge < -0.3 is 10.1 Å². The lowest BCUT2D eigenvalue weighted by atomic mass is 9.88. The molecule has 2 unspecified atom stereocenters. The minimum absolute atomic E-state index is 0.493. The molecule has 0 bridgehead atoms. The second-order valence-corrected chi connectivity index (χ2v) is 7.24. The number of rotatable bonds is 7. The largest absolute Gasteiger partial charge is 0.490 e. The second kappa shape index (κ2) is 6.83. The van der Waals surface area contributed by atoms with Crippen molar-refractivity contribution in [3.63, 3.8) is 0 Å². The number of ether oxygens (including phenoxy) is 1. The fourth-order valence-corrected chi connectivity index (χ4v) is 3.47. The Bertz CT molecular complexity index is 453. The van der Waals surface area contributed by atoms with Gasteiger partial charge in [0.05, 0.1) is 6.10 Å². The Kier molecular flexibility index (Phi) is 4.84. The summed E-state index contributed by atoms with van der Waals surface area (Å²) in [6, 6.07) is 8.88. The van der Waals surface area contributed by atoms with Gasteiger partial charge in [0, 0.05) is 0 Å². The highest BCUT2D eigenvalue weighted by Crippen LogP contribution is 2.40. The van der Waals surface area contributed by atoms with Gasteiger partial charge in [-0.2, -0.15) is 0 Å². The molecule has 2 fully saturated rings. The van der Waals surface area contributed by atoms with Crippen molar-refractivity contribution in [1.29, 1.82) is 0 Å². The highest BCUT2D eigenvalue weighted by atomic mass is 16.5. The summed E-state index contributed by atoms with van der Waals surface area (Å²) in [4.78, 5) is 0. The van der Waals surface area contributed by atoms with Crippen LogP contribution in [0.5, 0.6) is 5.75 Å². The van der Waals surface area contributed by atoms with E-state index in [1.54, 1.807) is 0 Å². The zero-order chi connectivity index (χ0) is 14.7. The van der Waals surface area contributed by atoms with E-state index in [0.717, 1.165) is 30.7 Å². The Morgan fingerprint density at radius 1 is 1.19 bits per heavy atom. The molecule has 2 saturated carbocycles. The molecule has 1 aromatic carbocycles. The van der Waals surface area contributed by atoms with Gasteiger partial charge >= 0.3 is 0 Å². The third-order valence-corrected chi connectivity index (χ3v) is 4.73. The molecule has 0 heterocycles. The molecule has 0 amide bonds. The minimum Gasteiger partial charge on any atom is -0.490 e. The molecule has 3 rings (SSSR count). The van der Waals surface area contributed by atoms with E-state index in [4.69, 9.17) is 4.74 Å². The standard InChI is InChI=1S/C19H29NO/c1-14(2)12-20-13-16-6-4-8-19(16)15-5-3-7-18(11-15)21-17-9-10-17/h3,5,7,11,14,16-17,19-20H,4,6,8-10,12-13H2,1-2H3. The van der Waals surface area contributed by atoms with Crippen LogP contribution in [0, 0.1) is 11.8 Å². The van der Waals surface area contributed by atoms with Crippen LogP contribution in [0.2, 0.25) is 0 Å². The van der Waals surface area contributed by atoms with E-state index in [2.05, 4.69) is 43.4 Å². The summed E-state index contributed by atoms with van der Waals surface area (Å²) in [5, 5.41) is 3.65. The second-order valence-electron chi connectivity index (χ2n) is 7.24. The van der Waals surface area contributed by atoms with Gasteiger partial charge in [0.15, 0.2) is 0 Å². The fourth-order valence-electron chi connectivity index (χ4n) is 3.47. The summed E-state index contributed by atoms with van der Waals surface area (Å²) < 4.78 is 5.96. The molecule has 2 heteroatoms. The summed E-state index contributed by atoms with van der Waals surface area (Å²) in [6.45, 7) is 6.85. The lowest BCUT2D eigenvalue weighted by Crippen LogP contribution is -2.27. The van der Waals surface area contributed by atoms with Crippen LogP contribution < -0.4 is 10.1 Å². The van der Waals surface area contributed by atoms with E-state index < -0.39 is 0 Å². The monoisotopic (exact) mass is 287 g/mol. The van der Waals surface area contributed by atoms with E-state index in [9.17, 15) is 0 Å². The normalized spacial score (nSPS) is 25.5. The van der Waals surface area contributed by atoms with E-state index in [1.807, 2.05) is 0 Å². The maximum absolute atomic E-state index is 5.96. The van der Waals surface area contributed by atoms with Crippen LogP contribution in [0.15, 0.2) is 24.3 Å². The van der Waals surface area contributed by atoms with Gasteiger partial charge in [0.25, 0.3) is 0 Å². The van der Waals surface area contributed by atoms with Gasteiger partial charge in [-0.3, -0.25) is 0 Å². The Morgan fingerprint density at radius 3 is 2.81 bits per heavy atom. The van der Waals surface area contributed by atoms with Crippen molar-refractivity contribution in [2.45, 2.75) is 58.0 Å². The summed E-state index contributed by atoms with van der Waals surface area (Å²) in [6.07, 6.45) is 7.02. The van der Waals surface area contributed by atoms with Crippen LogP contribution in [0.3, 0.4) is 0 Å². The molecule has 0 spiro atoms. The molecule has 21 heavy (non-hydrogen) atoms. The van der Waals surface area contributed by atoms with E-state index >= 15 is 0 Å². The number of hydrogen-bond donors (Lipinski definition) is 1. The molecule has 0 aromatic heterocycles. The lowest BCUT2D eigenvalue weighted by molar-refractivity contribution is 0.302. The van der Waals surface area contributed by atoms with Crippen molar-refractivity contribution in [1.82, 2.24) is 5.32 Å². The van der Waals surface area contributed by atoms with Crippen LogP contribution in [0.4, 0.5) is 0 Å². The molecule has 0 radical (unpaired) electrons. The molecule has 2 atom stereocenters. The highest BCUT2D eigenvalue weighted by Gasteiger charge is 2.29. The van der Waals surface area contributed by atoms with Gasteiger partial charge in [0.2, 0.25) is 0 Å². The molecular weight excluding hydrogens is 258 g/mol. The maximum Gasteiger partial charge on any atom is 0.120 e. The van der Waals surface area contributed by atoms with Crippen molar-refractivity contribution in [3.05, 3.63) is 29.8 Å². The minimum atomic E-state index is 0.493. The average molecular weight is 287 g/mol. The SMILES string of the molecule is CC(C)CNCC1CCCC1c1cccc(OC2CC2)c1. The summed E-state index contributed by atoms with van der Waals surface area (Å²) in [5.74, 6) is 3.32. The molecule has 2 aliphatic carbocycles. The maximum atomic E-state index is 5.96. The Balaban J connectivity index is 1.60. The first-order valence-electron chi connectivity index (χ1n) is 8.69.